The molecule has 0 aliphatic carbocycles. The van der Waals surface area contributed by atoms with Gasteiger partial charge >= 0.3 is 5.69 Å². The van der Waals surface area contributed by atoms with Crippen molar-refractivity contribution in [3.63, 3.8) is 0 Å². The topological polar surface area (TPSA) is 95.7 Å². The van der Waals surface area contributed by atoms with Crippen LogP contribution in [0.3, 0.4) is 0 Å². The van der Waals surface area contributed by atoms with Crippen molar-refractivity contribution in [2.75, 3.05) is 0 Å². The molecule has 0 fully saturated rings. The van der Waals surface area contributed by atoms with Crippen molar-refractivity contribution in [2.24, 2.45) is 0 Å². The third kappa shape index (κ3) is 4.01. The van der Waals surface area contributed by atoms with Gasteiger partial charge in [0.2, 0.25) is 5.78 Å². The Bertz CT molecular complexity index is 1270. The maximum absolute atomic E-state index is 13.6. The maximum Gasteiger partial charge on any atom is 0.329 e. The summed E-state index contributed by atoms with van der Waals surface area (Å²) in [5, 5.41) is 9.41. The molecule has 0 radical (unpaired) electrons. The Morgan fingerprint density at radius 1 is 1.10 bits per heavy atom. The summed E-state index contributed by atoms with van der Waals surface area (Å²) < 4.78 is 1.27. The standard InChI is InChI=1S/C24H23N3O3/c1-14(2)20-21(22(28)19-10-15(3)9-16(4)11-19)27(24(30)26-23(20)29)13-18-8-6-5-7-17(18)12-25/h5-11,14H,13H2,1-4H3,(H,26,29,30). The number of carbonyl (C=O) groups excluding carboxylic acids is 1. The lowest BCUT2D eigenvalue weighted by Crippen LogP contribution is -2.38. The van der Waals surface area contributed by atoms with Crippen LogP contribution in [0.1, 0.15) is 63.6 Å². The Balaban J connectivity index is 2.31. The third-order valence-corrected chi connectivity index (χ3v) is 4.98. The number of aryl methyl sites for hydroxylation is 2. The third-order valence-electron chi connectivity index (χ3n) is 4.98. The van der Waals surface area contributed by atoms with Gasteiger partial charge in [-0.3, -0.25) is 19.1 Å². The van der Waals surface area contributed by atoms with Gasteiger partial charge in [-0.1, -0.05) is 49.2 Å². The first-order chi connectivity index (χ1) is 14.2. The second-order valence-corrected chi connectivity index (χ2v) is 7.74. The molecule has 0 saturated heterocycles. The summed E-state index contributed by atoms with van der Waals surface area (Å²) in [6.07, 6.45) is 0. The number of aromatic amines is 1. The van der Waals surface area contributed by atoms with Gasteiger partial charge in [0.1, 0.15) is 5.69 Å². The van der Waals surface area contributed by atoms with Crippen LogP contribution >= 0.6 is 0 Å². The molecular weight excluding hydrogens is 378 g/mol. The summed E-state index contributed by atoms with van der Waals surface area (Å²) in [7, 11) is 0. The van der Waals surface area contributed by atoms with E-state index in [1.165, 1.54) is 4.57 Å². The Labute approximate surface area is 174 Å². The molecule has 0 amide bonds. The van der Waals surface area contributed by atoms with Crippen molar-refractivity contribution in [1.82, 2.24) is 9.55 Å². The van der Waals surface area contributed by atoms with Crippen molar-refractivity contribution >= 4 is 5.78 Å². The van der Waals surface area contributed by atoms with Gasteiger partial charge in [0, 0.05) is 11.1 Å². The van der Waals surface area contributed by atoms with E-state index in [-0.39, 0.29) is 29.5 Å². The highest BCUT2D eigenvalue weighted by Gasteiger charge is 2.25. The molecular formula is C24H23N3O3. The zero-order valence-corrected chi connectivity index (χ0v) is 17.4. The lowest BCUT2D eigenvalue weighted by atomic mass is 9.95. The number of carbonyl (C=O) groups is 1. The summed E-state index contributed by atoms with van der Waals surface area (Å²) in [4.78, 5) is 41.3. The van der Waals surface area contributed by atoms with Crippen molar-refractivity contribution in [1.29, 1.82) is 5.26 Å². The number of hydrogen-bond donors (Lipinski definition) is 1. The van der Waals surface area contributed by atoms with Crippen LogP contribution in [0.2, 0.25) is 0 Å². The zero-order valence-electron chi connectivity index (χ0n) is 17.4. The van der Waals surface area contributed by atoms with Crippen molar-refractivity contribution in [2.45, 2.75) is 40.2 Å². The van der Waals surface area contributed by atoms with Crippen LogP contribution in [0.4, 0.5) is 0 Å². The van der Waals surface area contributed by atoms with Gasteiger partial charge in [-0.25, -0.2) is 4.79 Å². The highest BCUT2D eigenvalue weighted by atomic mass is 16.2. The monoisotopic (exact) mass is 401 g/mol. The molecule has 0 unspecified atom stereocenters. The largest absolute Gasteiger partial charge is 0.329 e. The van der Waals surface area contributed by atoms with Gasteiger partial charge in [-0.2, -0.15) is 5.26 Å². The fourth-order valence-corrected chi connectivity index (χ4v) is 3.70. The van der Waals surface area contributed by atoms with Crippen molar-refractivity contribution < 1.29 is 4.79 Å². The SMILES string of the molecule is Cc1cc(C)cc(C(=O)c2c(C(C)C)c(=O)[nH]c(=O)n2Cc2ccccc2C#N)c1. The summed E-state index contributed by atoms with van der Waals surface area (Å²) >= 11 is 0. The molecule has 0 bridgehead atoms. The average molecular weight is 401 g/mol. The van der Waals surface area contributed by atoms with Crippen LogP contribution in [-0.4, -0.2) is 15.3 Å². The van der Waals surface area contributed by atoms with E-state index in [4.69, 9.17) is 0 Å². The molecule has 0 aliphatic heterocycles. The first-order valence-electron chi connectivity index (χ1n) is 9.71. The number of H-pyrrole nitrogens is 1. The molecule has 3 aromatic rings. The molecule has 6 nitrogen and oxygen atoms in total. The number of hydrogen-bond acceptors (Lipinski definition) is 4. The van der Waals surface area contributed by atoms with Gasteiger partial charge < -0.3 is 0 Å². The molecule has 30 heavy (non-hydrogen) atoms. The minimum Gasteiger partial charge on any atom is -0.287 e. The smallest absolute Gasteiger partial charge is 0.287 e. The van der Waals surface area contributed by atoms with Crippen molar-refractivity contribution in [3.8, 4) is 6.07 Å². The summed E-state index contributed by atoms with van der Waals surface area (Å²) in [5.74, 6) is -0.667. The minimum absolute atomic E-state index is 0.00490. The van der Waals surface area contributed by atoms with E-state index in [1.54, 1.807) is 50.2 Å². The van der Waals surface area contributed by atoms with Crippen LogP contribution < -0.4 is 11.2 Å². The quantitative estimate of drug-likeness (QED) is 0.663. The van der Waals surface area contributed by atoms with Crippen LogP contribution in [0.25, 0.3) is 0 Å². The first kappa shape index (κ1) is 21.0. The van der Waals surface area contributed by atoms with Gasteiger partial charge in [0.25, 0.3) is 5.56 Å². The van der Waals surface area contributed by atoms with E-state index < -0.39 is 11.2 Å². The highest BCUT2D eigenvalue weighted by molar-refractivity contribution is 6.09. The molecule has 1 aromatic heterocycles. The number of nitrogens with one attached hydrogen (secondary N) is 1. The number of ketones is 1. The van der Waals surface area contributed by atoms with Crippen LogP contribution in [0.5, 0.6) is 0 Å². The molecule has 3 rings (SSSR count). The maximum atomic E-state index is 13.6. The number of nitrogens with zero attached hydrogens (tertiary/aromatic N) is 2. The zero-order chi connectivity index (χ0) is 22.0. The number of rotatable bonds is 5. The Kier molecular flexibility index (Phi) is 5.84. The molecule has 1 heterocycles. The summed E-state index contributed by atoms with van der Waals surface area (Å²) in [6.45, 7) is 7.40. The fourth-order valence-electron chi connectivity index (χ4n) is 3.70. The second-order valence-electron chi connectivity index (χ2n) is 7.74. The van der Waals surface area contributed by atoms with Crippen LogP contribution in [0, 0.1) is 25.2 Å². The molecule has 0 atom stereocenters. The van der Waals surface area contributed by atoms with E-state index in [9.17, 15) is 19.6 Å². The Hall–Kier alpha value is -3.72. The summed E-state index contributed by atoms with van der Waals surface area (Å²) in [5.41, 5.74) is 2.34. The molecule has 6 heteroatoms. The molecule has 0 aliphatic rings. The lowest BCUT2D eigenvalue weighted by Gasteiger charge is -2.18. The minimum atomic E-state index is -0.676. The predicted molar refractivity (Wildman–Crippen MR) is 115 cm³/mol. The van der Waals surface area contributed by atoms with Crippen LogP contribution in [-0.2, 0) is 6.54 Å². The summed E-state index contributed by atoms with van der Waals surface area (Å²) in [6, 6.07) is 14.4. The molecule has 0 saturated carbocycles. The fraction of sp³-hybridized carbons (Fsp3) is 0.250. The van der Waals surface area contributed by atoms with E-state index in [0.29, 0.717) is 16.7 Å². The average Bonchev–Trinajstić information content (AvgIpc) is 2.68. The van der Waals surface area contributed by atoms with Gasteiger partial charge in [-0.05, 0) is 43.5 Å². The van der Waals surface area contributed by atoms with Crippen molar-refractivity contribution in [3.05, 3.63) is 102 Å². The van der Waals surface area contributed by atoms with Gasteiger partial charge in [0.15, 0.2) is 0 Å². The first-order valence-corrected chi connectivity index (χ1v) is 9.71. The predicted octanol–water partition coefficient (Wildman–Crippen LogP) is 3.43. The normalized spacial score (nSPS) is 10.8. The number of benzene rings is 2. The number of nitriles is 1. The van der Waals surface area contributed by atoms with Gasteiger partial charge in [0.05, 0.1) is 18.2 Å². The molecule has 1 N–H and O–H groups in total. The lowest BCUT2D eigenvalue weighted by molar-refractivity contribution is 0.102. The second kappa shape index (κ2) is 8.34. The van der Waals surface area contributed by atoms with E-state index in [1.807, 2.05) is 19.9 Å². The van der Waals surface area contributed by atoms with E-state index in [2.05, 4.69) is 11.1 Å². The number of aromatic nitrogens is 2. The molecule has 0 spiro atoms. The highest BCUT2D eigenvalue weighted by Crippen LogP contribution is 2.21. The molecule has 2 aromatic carbocycles. The molecule has 152 valence electrons. The van der Waals surface area contributed by atoms with E-state index in [0.717, 1.165) is 11.1 Å². The van der Waals surface area contributed by atoms with E-state index >= 15 is 0 Å². The Morgan fingerprint density at radius 2 is 1.73 bits per heavy atom. The van der Waals surface area contributed by atoms with Crippen LogP contribution in [0.15, 0.2) is 52.1 Å². The Morgan fingerprint density at radius 3 is 2.33 bits per heavy atom. The van der Waals surface area contributed by atoms with Gasteiger partial charge in [-0.15, -0.1) is 0 Å².